The normalized spacial score (nSPS) is 47.5. The Morgan fingerprint density at radius 3 is 1.31 bits per heavy atom. The maximum Gasteiger partial charge on any atom is -0.0131 e. The highest BCUT2D eigenvalue weighted by Gasteiger charge is 2.52. The van der Waals surface area contributed by atoms with Crippen molar-refractivity contribution < 1.29 is 0 Å². The Balaban J connectivity index is 1.68. The Morgan fingerprint density at radius 2 is 0.885 bits per heavy atom. The number of allylic oxidation sites excluding steroid dienone is 4. The number of hydrogen-bond acceptors (Lipinski definition) is 0. The van der Waals surface area contributed by atoms with Crippen LogP contribution in [0, 0.1) is 47.3 Å². The van der Waals surface area contributed by atoms with E-state index in [1.165, 1.54) is 64.2 Å². The molecule has 8 atom stereocenters. The summed E-state index contributed by atoms with van der Waals surface area (Å²) in [7, 11) is 0. The molecule has 26 heavy (non-hydrogen) atoms. The summed E-state index contributed by atoms with van der Waals surface area (Å²) in [6, 6.07) is 0. The first kappa shape index (κ1) is 17.6. The van der Waals surface area contributed by atoms with Crippen molar-refractivity contribution in [2.45, 2.75) is 91.9 Å². The predicted molar refractivity (Wildman–Crippen MR) is 111 cm³/mol. The summed E-state index contributed by atoms with van der Waals surface area (Å²) in [5.74, 6) is 7.42. The highest BCUT2D eigenvalue weighted by Crippen LogP contribution is 2.64. The van der Waals surface area contributed by atoms with Crippen LogP contribution in [-0.2, 0) is 0 Å². The van der Waals surface area contributed by atoms with Gasteiger partial charge in [-0.15, -0.1) is 0 Å². The van der Waals surface area contributed by atoms with E-state index in [4.69, 9.17) is 0 Å². The van der Waals surface area contributed by atoms with Crippen LogP contribution in [0.2, 0.25) is 0 Å². The topological polar surface area (TPSA) is 0 Å². The van der Waals surface area contributed by atoms with Crippen molar-refractivity contribution in [3.05, 3.63) is 22.3 Å². The molecular weight excluding hydrogens is 312 g/mol. The second kappa shape index (κ2) is 6.52. The van der Waals surface area contributed by atoms with Gasteiger partial charge < -0.3 is 0 Å². The van der Waals surface area contributed by atoms with Gasteiger partial charge in [0, 0.05) is 0 Å². The number of fused-ring (bicyclic) bond motifs is 2. The molecule has 8 unspecified atom stereocenters. The fraction of sp³-hybridized carbons (Fsp3) is 0.846. The standard InChI is InChI=1S/C26H40/c1-5-17-9-13-21-19-11-7-15(3)23-16(4)8-12-20(25(19)23)22-14-10-18(6-2)24(17)26(21)22/h15-22H,5-14H2,1-4H3. The second-order valence-electron chi connectivity index (χ2n) is 10.6. The summed E-state index contributed by atoms with van der Waals surface area (Å²) in [4.78, 5) is 0. The van der Waals surface area contributed by atoms with Crippen molar-refractivity contribution >= 4 is 0 Å². The van der Waals surface area contributed by atoms with Crippen LogP contribution in [-0.4, -0.2) is 0 Å². The van der Waals surface area contributed by atoms with Crippen LogP contribution in [0.3, 0.4) is 0 Å². The van der Waals surface area contributed by atoms with Gasteiger partial charge in [0.25, 0.3) is 0 Å². The van der Waals surface area contributed by atoms with Gasteiger partial charge in [-0.2, -0.15) is 0 Å². The zero-order valence-electron chi connectivity index (χ0n) is 17.7. The third-order valence-electron chi connectivity index (χ3n) is 9.64. The Labute approximate surface area is 161 Å². The molecule has 0 aromatic heterocycles. The van der Waals surface area contributed by atoms with Crippen molar-refractivity contribution in [1.82, 2.24) is 0 Å². The van der Waals surface area contributed by atoms with Crippen LogP contribution in [0.4, 0.5) is 0 Å². The molecular formula is C26H40. The number of hydrogen-bond donors (Lipinski definition) is 0. The van der Waals surface area contributed by atoms with E-state index < -0.39 is 0 Å². The van der Waals surface area contributed by atoms with Crippen molar-refractivity contribution in [2.75, 3.05) is 0 Å². The third-order valence-corrected chi connectivity index (χ3v) is 9.64. The minimum Gasteiger partial charge on any atom is -0.0648 e. The molecule has 0 spiro atoms. The van der Waals surface area contributed by atoms with Crippen LogP contribution in [0.25, 0.3) is 0 Å². The zero-order chi connectivity index (χ0) is 18.0. The maximum absolute atomic E-state index is 2.55. The molecule has 5 rings (SSSR count). The fourth-order valence-electron chi connectivity index (χ4n) is 8.65. The maximum atomic E-state index is 2.55. The smallest absolute Gasteiger partial charge is 0.0131 e. The van der Waals surface area contributed by atoms with Crippen LogP contribution in [0.1, 0.15) is 91.9 Å². The molecule has 0 nitrogen and oxygen atoms in total. The van der Waals surface area contributed by atoms with E-state index in [-0.39, 0.29) is 0 Å². The van der Waals surface area contributed by atoms with Gasteiger partial charge in [0.1, 0.15) is 0 Å². The monoisotopic (exact) mass is 352 g/mol. The van der Waals surface area contributed by atoms with E-state index in [9.17, 15) is 0 Å². The molecule has 0 bridgehead atoms. The van der Waals surface area contributed by atoms with Crippen LogP contribution >= 0.6 is 0 Å². The highest BCUT2D eigenvalue weighted by atomic mass is 14.6. The summed E-state index contributed by atoms with van der Waals surface area (Å²) in [5, 5.41) is 0. The molecule has 0 N–H and O–H groups in total. The summed E-state index contributed by atoms with van der Waals surface area (Å²) < 4.78 is 0. The highest BCUT2D eigenvalue weighted by molar-refractivity contribution is 5.42. The summed E-state index contributed by atoms with van der Waals surface area (Å²) >= 11 is 0. The van der Waals surface area contributed by atoms with Gasteiger partial charge in [-0.05, 0) is 112 Å². The Bertz CT molecular complexity index is 584. The molecule has 0 radical (unpaired) electrons. The fourth-order valence-corrected chi connectivity index (χ4v) is 8.65. The van der Waals surface area contributed by atoms with Crippen molar-refractivity contribution in [3.63, 3.8) is 0 Å². The molecule has 0 aromatic carbocycles. The lowest BCUT2D eigenvalue weighted by Gasteiger charge is -2.58. The van der Waals surface area contributed by atoms with E-state index >= 15 is 0 Å². The Kier molecular flexibility index (Phi) is 4.41. The molecule has 1 saturated carbocycles. The number of rotatable bonds is 2. The van der Waals surface area contributed by atoms with E-state index in [1.807, 2.05) is 16.7 Å². The van der Waals surface area contributed by atoms with Gasteiger partial charge >= 0.3 is 0 Å². The van der Waals surface area contributed by atoms with Gasteiger partial charge in [-0.25, -0.2) is 0 Å². The third kappa shape index (κ3) is 2.32. The predicted octanol–water partition coefficient (Wildman–Crippen LogP) is 7.56. The summed E-state index contributed by atoms with van der Waals surface area (Å²) in [6.07, 6.45) is 14.8. The largest absolute Gasteiger partial charge is 0.0648 e. The molecule has 0 aromatic rings. The Hall–Kier alpha value is -0.520. The molecule has 0 heterocycles. The lowest BCUT2D eigenvalue weighted by Crippen LogP contribution is -2.47. The molecule has 0 saturated heterocycles. The molecule has 5 aliphatic carbocycles. The molecule has 0 heteroatoms. The SMILES string of the molecule is CCC1CCC2C3=C1C(CC)CCC3C1CCC(C)C3=C1C2CCC3C. The molecule has 5 aliphatic rings. The molecule has 1 fully saturated rings. The van der Waals surface area contributed by atoms with E-state index in [2.05, 4.69) is 33.3 Å². The second-order valence-corrected chi connectivity index (χ2v) is 10.6. The van der Waals surface area contributed by atoms with E-state index in [0.29, 0.717) is 0 Å². The lowest BCUT2D eigenvalue weighted by molar-refractivity contribution is 0.133. The van der Waals surface area contributed by atoms with Crippen LogP contribution in [0.5, 0.6) is 0 Å². The minimum absolute atomic E-state index is 0.878. The van der Waals surface area contributed by atoms with Gasteiger partial charge in [0.05, 0.1) is 0 Å². The molecule has 144 valence electrons. The van der Waals surface area contributed by atoms with Gasteiger partial charge in [0.2, 0.25) is 0 Å². The minimum atomic E-state index is 0.878. The molecule has 0 amide bonds. The quantitative estimate of drug-likeness (QED) is 0.450. The van der Waals surface area contributed by atoms with Crippen molar-refractivity contribution in [3.8, 4) is 0 Å². The van der Waals surface area contributed by atoms with E-state index in [1.54, 1.807) is 0 Å². The van der Waals surface area contributed by atoms with Crippen LogP contribution < -0.4 is 0 Å². The van der Waals surface area contributed by atoms with Crippen molar-refractivity contribution in [1.29, 1.82) is 0 Å². The lowest BCUT2D eigenvalue weighted by atomic mass is 9.47. The van der Waals surface area contributed by atoms with Gasteiger partial charge in [-0.1, -0.05) is 50.0 Å². The summed E-state index contributed by atoms with van der Waals surface area (Å²) in [5.41, 5.74) is 8.11. The van der Waals surface area contributed by atoms with Crippen molar-refractivity contribution in [2.24, 2.45) is 47.3 Å². The molecule has 0 aliphatic heterocycles. The van der Waals surface area contributed by atoms with Crippen LogP contribution in [0.15, 0.2) is 22.3 Å². The first-order chi connectivity index (χ1) is 12.7. The summed E-state index contributed by atoms with van der Waals surface area (Å²) in [6.45, 7) is 10.0. The van der Waals surface area contributed by atoms with Gasteiger partial charge in [0.15, 0.2) is 0 Å². The zero-order valence-corrected chi connectivity index (χ0v) is 17.7. The average molecular weight is 353 g/mol. The first-order valence-electron chi connectivity index (χ1n) is 12.1. The van der Waals surface area contributed by atoms with Gasteiger partial charge in [-0.3, -0.25) is 0 Å². The van der Waals surface area contributed by atoms with E-state index in [0.717, 1.165) is 47.3 Å². The Morgan fingerprint density at radius 1 is 0.500 bits per heavy atom. The first-order valence-corrected chi connectivity index (χ1v) is 12.1. The average Bonchev–Trinajstić information content (AvgIpc) is 2.67.